The lowest BCUT2D eigenvalue weighted by Crippen LogP contribution is -2.40. The third-order valence-electron chi connectivity index (χ3n) is 2.53. The van der Waals surface area contributed by atoms with Crippen LogP contribution in [0.1, 0.15) is 0 Å². The van der Waals surface area contributed by atoms with Crippen LogP contribution in [0.25, 0.3) is 0 Å². The molecule has 2 N–H and O–H groups in total. The van der Waals surface area contributed by atoms with Gasteiger partial charge in [-0.05, 0) is 12.1 Å². The van der Waals surface area contributed by atoms with Gasteiger partial charge in [0.1, 0.15) is 18.1 Å². The molecule has 0 heterocycles. The van der Waals surface area contributed by atoms with E-state index in [9.17, 15) is 0 Å². The summed E-state index contributed by atoms with van der Waals surface area (Å²) < 4.78 is 15.7. The standard InChI is InChI=1S/C14H23N3O3/c1-15-14(16-7-9-18-2)17-8-10-20-13-6-4-5-12(11-13)19-3/h4-6,11H,7-10H2,1-3H3,(H2,15,16,17). The maximum absolute atomic E-state index is 5.62. The van der Waals surface area contributed by atoms with E-state index in [0.717, 1.165) is 17.5 Å². The third kappa shape index (κ3) is 6.29. The number of guanidine groups is 1. The van der Waals surface area contributed by atoms with Crippen LogP contribution in [0.2, 0.25) is 0 Å². The number of ether oxygens (including phenoxy) is 3. The lowest BCUT2D eigenvalue weighted by atomic mass is 10.3. The highest BCUT2D eigenvalue weighted by molar-refractivity contribution is 5.79. The van der Waals surface area contributed by atoms with Crippen LogP contribution in [0, 0.1) is 0 Å². The zero-order chi connectivity index (χ0) is 14.6. The highest BCUT2D eigenvalue weighted by Gasteiger charge is 1.98. The number of benzene rings is 1. The number of rotatable bonds is 8. The van der Waals surface area contributed by atoms with Crippen molar-refractivity contribution in [1.82, 2.24) is 10.6 Å². The average molecular weight is 281 g/mol. The molecule has 0 spiro atoms. The van der Waals surface area contributed by atoms with Crippen molar-refractivity contribution in [2.24, 2.45) is 4.99 Å². The zero-order valence-electron chi connectivity index (χ0n) is 12.3. The first kappa shape index (κ1) is 16.1. The van der Waals surface area contributed by atoms with E-state index in [1.807, 2.05) is 24.3 Å². The molecular formula is C14H23N3O3. The van der Waals surface area contributed by atoms with Crippen LogP contribution in [0.15, 0.2) is 29.3 Å². The molecule has 0 fully saturated rings. The summed E-state index contributed by atoms with van der Waals surface area (Å²) in [6.07, 6.45) is 0. The van der Waals surface area contributed by atoms with Crippen molar-refractivity contribution in [1.29, 1.82) is 0 Å². The van der Waals surface area contributed by atoms with Gasteiger partial charge >= 0.3 is 0 Å². The molecule has 0 unspecified atom stereocenters. The van der Waals surface area contributed by atoms with Crippen LogP contribution in [0.5, 0.6) is 11.5 Å². The Bertz CT molecular complexity index is 410. The van der Waals surface area contributed by atoms with Crippen LogP contribution >= 0.6 is 0 Å². The Morgan fingerprint density at radius 1 is 1.10 bits per heavy atom. The molecule has 6 nitrogen and oxygen atoms in total. The molecule has 0 aliphatic rings. The van der Waals surface area contributed by atoms with Crippen molar-refractivity contribution in [2.45, 2.75) is 0 Å². The highest BCUT2D eigenvalue weighted by Crippen LogP contribution is 2.18. The van der Waals surface area contributed by atoms with Gasteiger partial charge in [0.2, 0.25) is 0 Å². The van der Waals surface area contributed by atoms with Crippen molar-refractivity contribution < 1.29 is 14.2 Å². The van der Waals surface area contributed by atoms with Gasteiger partial charge in [0.25, 0.3) is 0 Å². The quantitative estimate of drug-likeness (QED) is 0.421. The molecule has 20 heavy (non-hydrogen) atoms. The summed E-state index contributed by atoms with van der Waals surface area (Å²) in [7, 11) is 5.03. The first-order chi connectivity index (χ1) is 9.80. The van der Waals surface area contributed by atoms with Gasteiger partial charge in [-0.25, -0.2) is 0 Å². The smallest absolute Gasteiger partial charge is 0.191 e. The second kappa shape index (κ2) is 9.91. The van der Waals surface area contributed by atoms with Crippen molar-refractivity contribution in [3.63, 3.8) is 0 Å². The van der Waals surface area contributed by atoms with Crippen LogP contribution in [0.3, 0.4) is 0 Å². The fraction of sp³-hybridized carbons (Fsp3) is 0.500. The molecule has 0 amide bonds. The number of nitrogens with one attached hydrogen (secondary N) is 2. The summed E-state index contributed by atoms with van der Waals surface area (Å²) in [4.78, 5) is 4.10. The van der Waals surface area contributed by atoms with Crippen LogP contribution in [0.4, 0.5) is 0 Å². The van der Waals surface area contributed by atoms with Crippen LogP contribution in [-0.2, 0) is 4.74 Å². The second-order valence-electron chi connectivity index (χ2n) is 3.95. The predicted molar refractivity (Wildman–Crippen MR) is 79.7 cm³/mol. The van der Waals surface area contributed by atoms with Gasteiger partial charge in [0.05, 0.1) is 20.3 Å². The summed E-state index contributed by atoms with van der Waals surface area (Å²) in [6.45, 7) is 2.55. The third-order valence-corrected chi connectivity index (χ3v) is 2.53. The van der Waals surface area contributed by atoms with Crippen molar-refractivity contribution in [3.05, 3.63) is 24.3 Å². The molecule has 1 aromatic carbocycles. The van der Waals surface area contributed by atoms with Gasteiger partial charge in [-0.2, -0.15) is 0 Å². The molecule has 1 aromatic rings. The molecule has 1 rings (SSSR count). The Kier molecular flexibility index (Phi) is 7.98. The van der Waals surface area contributed by atoms with Gasteiger partial charge in [-0.1, -0.05) is 6.07 Å². The molecule has 6 heteroatoms. The van der Waals surface area contributed by atoms with Crippen molar-refractivity contribution >= 4 is 5.96 Å². The molecule has 0 aromatic heterocycles. The number of nitrogens with zero attached hydrogens (tertiary/aromatic N) is 1. The van der Waals surface area contributed by atoms with Gasteiger partial charge < -0.3 is 24.8 Å². The van der Waals surface area contributed by atoms with E-state index < -0.39 is 0 Å². The Balaban J connectivity index is 2.22. The Morgan fingerprint density at radius 3 is 2.45 bits per heavy atom. The number of hydrogen-bond acceptors (Lipinski definition) is 4. The largest absolute Gasteiger partial charge is 0.497 e. The first-order valence-corrected chi connectivity index (χ1v) is 6.50. The molecule has 0 bridgehead atoms. The van der Waals surface area contributed by atoms with E-state index in [1.54, 1.807) is 21.3 Å². The maximum atomic E-state index is 5.62. The van der Waals surface area contributed by atoms with E-state index in [1.165, 1.54) is 0 Å². The predicted octanol–water partition coefficient (Wildman–Crippen LogP) is 0.885. The van der Waals surface area contributed by atoms with E-state index in [0.29, 0.717) is 26.3 Å². The van der Waals surface area contributed by atoms with E-state index in [2.05, 4.69) is 15.6 Å². The first-order valence-electron chi connectivity index (χ1n) is 6.50. The fourth-order valence-corrected chi connectivity index (χ4v) is 1.52. The maximum Gasteiger partial charge on any atom is 0.191 e. The van der Waals surface area contributed by atoms with Gasteiger partial charge in [0.15, 0.2) is 5.96 Å². The molecule has 0 saturated carbocycles. The summed E-state index contributed by atoms with van der Waals surface area (Å²) in [5.74, 6) is 2.30. The van der Waals surface area contributed by atoms with Crippen LogP contribution in [-0.4, -0.2) is 53.5 Å². The topological polar surface area (TPSA) is 64.1 Å². The molecule has 0 aliphatic carbocycles. The van der Waals surface area contributed by atoms with Crippen molar-refractivity contribution in [3.8, 4) is 11.5 Å². The van der Waals surface area contributed by atoms with E-state index in [-0.39, 0.29) is 0 Å². The van der Waals surface area contributed by atoms with Gasteiger partial charge in [0, 0.05) is 26.8 Å². The Hall–Kier alpha value is -1.95. The fourth-order valence-electron chi connectivity index (χ4n) is 1.52. The molecule has 0 atom stereocenters. The van der Waals surface area contributed by atoms with E-state index in [4.69, 9.17) is 14.2 Å². The van der Waals surface area contributed by atoms with Gasteiger partial charge in [-0.15, -0.1) is 0 Å². The van der Waals surface area contributed by atoms with Gasteiger partial charge in [-0.3, -0.25) is 4.99 Å². The normalized spacial score (nSPS) is 11.1. The molecular weight excluding hydrogens is 258 g/mol. The highest BCUT2D eigenvalue weighted by atomic mass is 16.5. The average Bonchev–Trinajstić information content (AvgIpc) is 2.50. The molecule has 112 valence electrons. The Labute approximate surface area is 120 Å². The second-order valence-corrected chi connectivity index (χ2v) is 3.95. The van der Waals surface area contributed by atoms with Crippen molar-refractivity contribution in [2.75, 3.05) is 47.6 Å². The SMILES string of the molecule is CN=C(NCCOC)NCCOc1cccc(OC)c1. The number of methoxy groups -OCH3 is 2. The summed E-state index contributed by atoms with van der Waals surface area (Å²) >= 11 is 0. The molecule has 0 radical (unpaired) electrons. The van der Waals surface area contributed by atoms with E-state index >= 15 is 0 Å². The monoisotopic (exact) mass is 281 g/mol. The lowest BCUT2D eigenvalue weighted by molar-refractivity contribution is 0.203. The van der Waals surface area contributed by atoms with Crippen LogP contribution < -0.4 is 20.1 Å². The molecule has 0 aliphatic heterocycles. The summed E-state index contributed by atoms with van der Waals surface area (Å²) in [5, 5.41) is 6.28. The minimum atomic E-state index is 0.540. The lowest BCUT2D eigenvalue weighted by Gasteiger charge is -2.12. The molecule has 0 saturated heterocycles. The summed E-state index contributed by atoms with van der Waals surface area (Å²) in [5.41, 5.74) is 0. The minimum Gasteiger partial charge on any atom is -0.497 e. The summed E-state index contributed by atoms with van der Waals surface area (Å²) in [6, 6.07) is 7.53. The number of hydrogen-bond donors (Lipinski definition) is 2. The Morgan fingerprint density at radius 2 is 1.80 bits per heavy atom. The minimum absolute atomic E-state index is 0.540. The number of aliphatic imine (C=N–C) groups is 1. The zero-order valence-corrected chi connectivity index (χ0v) is 12.3.